The van der Waals surface area contributed by atoms with E-state index >= 15 is 0 Å². The Morgan fingerprint density at radius 3 is 2.88 bits per heavy atom. The maximum absolute atomic E-state index is 5.72. The summed E-state index contributed by atoms with van der Waals surface area (Å²) >= 11 is 1.65. The fourth-order valence-corrected chi connectivity index (χ4v) is 2.43. The van der Waals surface area contributed by atoms with Gasteiger partial charge in [-0.05, 0) is 23.6 Å². The van der Waals surface area contributed by atoms with Crippen LogP contribution in [0.5, 0.6) is 0 Å². The number of nitrogens with two attached hydrogens (primary N) is 1. The first-order valence-corrected chi connectivity index (χ1v) is 5.85. The normalized spacial score (nSPS) is 11.1. The van der Waals surface area contributed by atoms with Gasteiger partial charge in [0.2, 0.25) is 0 Å². The van der Waals surface area contributed by atoms with Crippen LogP contribution in [0, 0.1) is 0 Å². The summed E-state index contributed by atoms with van der Waals surface area (Å²) in [6, 6.07) is 9.92. The van der Waals surface area contributed by atoms with Crippen LogP contribution in [0.4, 0.5) is 0 Å². The van der Waals surface area contributed by atoms with Crippen LogP contribution in [-0.4, -0.2) is 14.6 Å². The van der Waals surface area contributed by atoms with Crippen molar-refractivity contribution in [2.24, 2.45) is 5.73 Å². The van der Waals surface area contributed by atoms with Gasteiger partial charge in [0.25, 0.3) is 0 Å². The molecule has 0 fully saturated rings. The molecule has 16 heavy (non-hydrogen) atoms. The highest BCUT2D eigenvalue weighted by Gasteiger charge is 2.10. The third-order valence-corrected chi connectivity index (χ3v) is 3.33. The van der Waals surface area contributed by atoms with E-state index in [1.807, 2.05) is 40.1 Å². The lowest BCUT2D eigenvalue weighted by molar-refractivity contribution is 0.947. The number of nitrogens with zero attached hydrogens (tertiary/aromatic N) is 3. The molecule has 3 aromatic rings. The molecular formula is C11H10N4S. The Kier molecular flexibility index (Phi) is 2.19. The monoisotopic (exact) mass is 230 g/mol. The molecule has 0 aliphatic carbocycles. The van der Waals surface area contributed by atoms with E-state index in [1.54, 1.807) is 11.3 Å². The molecule has 3 heterocycles. The molecule has 3 rings (SSSR count). The van der Waals surface area contributed by atoms with Crippen LogP contribution in [0.3, 0.4) is 0 Å². The van der Waals surface area contributed by atoms with Crippen LogP contribution in [0.15, 0.2) is 35.7 Å². The lowest BCUT2D eigenvalue weighted by Crippen LogP contribution is -2.04. The molecule has 2 N–H and O–H groups in total. The van der Waals surface area contributed by atoms with E-state index in [1.165, 1.54) is 0 Å². The predicted octanol–water partition coefficient (Wildman–Crippen LogP) is 1.92. The standard InChI is InChI=1S/C11H10N4S/c12-7-8-3-1-5-10-13-14-11(15(8)10)9-4-2-6-16-9/h1-6H,7,12H2. The second-order valence-electron chi connectivity index (χ2n) is 3.42. The molecule has 4 nitrogen and oxygen atoms in total. The third kappa shape index (κ3) is 1.33. The molecular weight excluding hydrogens is 220 g/mol. The van der Waals surface area contributed by atoms with E-state index in [4.69, 9.17) is 5.73 Å². The van der Waals surface area contributed by atoms with Crippen LogP contribution in [0.2, 0.25) is 0 Å². The van der Waals surface area contributed by atoms with Crippen LogP contribution >= 0.6 is 11.3 Å². The zero-order chi connectivity index (χ0) is 11.0. The molecule has 80 valence electrons. The zero-order valence-corrected chi connectivity index (χ0v) is 9.31. The van der Waals surface area contributed by atoms with Crippen molar-refractivity contribution in [3.05, 3.63) is 41.4 Å². The Balaban J connectivity index is 2.34. The number of pyridine rings is 1. The first-order chi connectivity index (χ1) is 7.90. The van der Waals surface area contributed by atoms with Gasteiger partial charge in [-0.2, -0.15) is 0 Å². The highest BCUT2D eigenvalue weighted by molar-refractivity contribution is 7.13. The van der Waals surface area contributed by atoms with Crippen molar-refractivity contribution < 1.29 is 0 Å². The smallest absolute Gasteiger partial charge is 0.178 e. The highest BCUT2D eigenvalue weighted by Crippen LogP contribution is 2.24. The summed E-state index contributed by atoms with van der Waals surface area (Å²) in [5.41, 5.74) is 7.58. The summed E-state index contributed by atoms with van der Waals surface area (Å²) in [7, 11) is 0. The van der Waals surface area contributed by atoms with Gasteiger partial charge in [0, 0.05) is 12.2 Å². The Hall–Kier alpha value is -1.72. The van der Waals surface area contributed by atoms with Gasteiger partial charge >= 0.3 is 0 Å². The second kappa shape index (κ2) is 3.70. The van der Waals surface area contributed by atoms with Crippen molar-refractivity contribution >= 4 is 17.0 Å². The molecule has 0 unspecified atom stereocenters. The number of rotatable bonds is 2. The Morgan fingerprint density at radius 1 is 1.19 bits per heavy atom. The van der Waals surface area contributed by atoms with Crippen molar-refractivity contribution in [2.45, 2.75) is 6.54 Å². The molecule has 0 amide bonds. The summed E-state index contributed by atoms with van der Waals surface area (Å²) in [5, 5.41) is 10.4. The SMILES string of the molecule is NCc1cccc2nnc(-c3cccs3)n12. The average Bonchev–Trinajstić information content (AvgIpc) is 2.96. The van der Waals surface area contributed by atoms with Gasteiger partial charge in [0.15, 0.2) is 11.5 Å². The first-order valence-electron chi connectivity index (χ1n) is 4.97. The van der Waals surface area contributed by atoms with Gasteiger partial charge in [-0.1, -0.05) is 12.1 Å². The molecule has 3 aromatic heterocycles. The van der Waals surface area contributed by atoms with Crippen LogP contribution < -0.4 is 5.73 Å². The number of hydrogen-bond donors (Lipinski definition) is 1. The number of thiophene rings is 1. The van der Waals surface area contributed by atoms with E-state index in [0.717, 1.165) is 22.0 Å². The Bertz CT molecular complexity index is 612. The van der Waals surface area contributed by atoms with Gasteiger partial charge in [-0.25, -0.2) is 0 Å². The molecule has 0 aromatic carbocycles. The lowest BCUT2D eigenvalue weighted by Gasteiger charge is -2.03. The largest absolute Gasteiger partial charge is 0.325 e. The fraction of sp³-hybridized carbons (Fsp3) is 0.0909. The molecule has 0 spiro atoms. The van der Waals surface area contributed by atoms with Crippen LogP contribution in [0.1, 0.15) is 5.69 Å². The summed E-state index contributed by atoms with van der Waals surface area (Å²) in [4.78, 5) is 1.11. The maximum Gasteiger partial charge on any atom is 0.178 e. The molecule has 0 saturated carbocycles. The molecule has 5 heteroatoms. The van der Waals surface area contributed by atoms with E-state index in [-0.39, 0.29) is 0 Å². The van der Waals surface area contributed by atoms with Crippen molar-refractivity contribution in [2.75, 3.05) is 0 Å². The third-order valence-electron chi connectivity index (χ3n) is 2.46. The molecule has 0 aliphatic rings. The Labute approximate surface area is 96.4 Å². The van der Waals surface area contributed by atoms with Gasteiger partial charge in [0.05, 0.1) is 4.88 Å². The van der Waals surface area contributed by atoms with Crippen molar-refractivity contribution in [1.82, 2.24) is 14.6 Å². The van der Waals surface area contributed by atoms with Crippen LogP contribution in [0.25, 0.3) is 16.3 Å². The number of hydrogen-bond acceptors (Lipinski definition) is 4. The van der Waals surface area contributed by atoms with E-state index in [0.29, 0.717) is 6.54 Å². The second-order valence-corrected chi connectivity index (χ2v) is 4.36. The van der Waals surface area contributed by atoms with E-state index in [2.05, 4.69) is 10.2 Å². The average molecular weight is 230 g/mol. The van der Waals surface area contributed by atoms with Crippen LogP contribution in [-0.2, 0) is 6.54 Å². The summed E-state index contributed by atoms with van der Waals surface area (Å²) in [6.45, 7) is 0.480. The summed E-state index contributed by atoms with van der Waals surface area (Å²) in [6.07, 6.45) is 0. The molecule has 0 atom stereocenters. The molecule has 0 radical (unpaired) electrons. The first kappa shape index (κ1) is 9.50. The minimum absolute atomic E-state index is 0.480. The highest BCUT2D eigenvalue weighted by atomic mass is 32.1. The number of fused-ring (bicyclic) bond motifs is 1. The minimum Gasteiger partial charge on any atom is -0.325 e. The predicted molar refractivity (Wildman–Crippen MR) is 64.2 cm³/mol. The summed E-state index contributed by atoms with van der Waals surface area (Å²) < 4.78 is 2.01. The fourth-order valence-electron chi connectivity index (χ4n) is 1.73. The van der Waals surface area contributed by atoms with Crippen molar-refractivity contribution in [1.29, 1.82) is 0 Å². The number of aromatic nitrogens is 3. The van der Waals surface area contributed by atoms with Gasteiger partial charge in [0.1, 0.15) is 0 Å². The molecule has 0 aliphatic heterocycles. The van der Waals surface area contributed by atoms with E-state index in [9.17, 15) is 0 Å². The van der Waals surface area contributed by atoms with Crippen molar-refractivity contribution in [3.8, 4) is 10.7 Å². The summed E-state index contributed by atoms with van der Waals surface area (Å²) in [5.74, 6) is 0.867. The molecule has 0 bridgehead atoms. The van der Waals surface area contributed by atoms with Gasteiger partial charge in [-0.15, -0.1) is 21.5 Å². The zero-order valence-electron chi connectivity index (χ0n) is 8.50. The quantitative estimate of drug-likeness (QED) is 0.731. The van der Waals surface area contributed by atoms with E-state index < -0.39 is 0 Å². The lowest BCUT2D eigenvalue weighted by atomic mass is 10.3. The maximum atomic E-state index is 5.72. The topological polar surface area (TPSA) is 56.2 Å². The van der Waals surface area contributed by atoms with Crippen molar-refractivity contribution in [3.63, 3.8) is 0 Å². The van der Waals surface area contributed by atoms with Gasteiger partial charge in [-0.3, -0.25) is 4.40 Å². The van der Waals surface area contributed by atoms with Gasteiger partial charge < -0.3 is 5.73 Å². The molecule has 0 saturated heterocycles. The Morgan fingerprint density at radius 2 is 2.12 bits per heavy atom. The minimum atomic E-state index is 0.480.